The standard InChI is InChI=1S/C14H20ClNO3/c1-18-12-6-5-11(10-13(12)19-2)7-9-16-14(17)4-3-8-15/h5-6,10H,3-4,7-9H2,1-2H3,(H,16,17). The molecule has 0 bridgehead atoms. The van der Waals surface area contributed by atoms with E-state index in [1.807, 2.05) is 18.2 Å². The van der Waals surface area contributed by atoms with Crippen LogP contribution in [0.3, 0.4) is 0 Å². The molecule has 1 rings (SSSR count). The minimum Gasteiger partial charge on any atom is -0.493 e. The van der Waals surface area contributed by atoms with Crippen LogP contribution in [0.4, 0.5) is 0 Å². The maximum Gasteiger partial charge on any atom is 0.220 e. The number of nitrogens with one attached hydrogen (secondary N) is 1. The summed E-state index contributed by atoms with van der Waals surface area (Å²) >= 11 is 5.53. The fourth-order valence-corrected chi connectivity index (χ4v) is 1.83. The van der Waals surface area contributed by atoms with E-state index >= 15 is 0 Å². The van der Waals surface area contributed by atoms with E-state index in [1.54, 1.807) is 14.2 Å². The van der Waals surface area contributed by atoms with Gasteiger partial charge in [0.15, 0.2) is 11.5 Å². The van der Waals surface area contributed by atoms with Crippen molar-refractivity contribution in [2.45, 2.75) is 19.3 Å². The summed E-state index contributed by atoms with van der Waals surface area (Å²) < 4.78 is 10.4. The van der Waals surface area contributed by atoms with Crippen molar-refractivity contribution in [1.29, 1.82) is 0 Å². The Hall–Kier alpha value is -1.42. The summed E-state index contributed by atoms with van der Waals surface area (Å²) in [6, 6.07) is 5.75. The number of hydrogen-bond donors (Lipinski definition) is 1. The molecule has 0 aliphatic heterocycles. The zero-order chi connectivity index (χ0) is 14.1. The van der Waals surface area contributed by atoms with Crippen LogP contribution in [-0.4, -0.2) is 32.6 Å². The minimum absolute atomic E-state index is 0.0427. The zero-order valence-electron chi connectivity index (χ0n) is 11.4. The third-order valence-electron chi connectivity index (χ3n) is 2.72. The molecule has 0 atom stereocenters. The highest BCUT2D eigenvalue weighted by Gasteiger charge is 2.05. The number of benzene rings is 1. The molecule has 1 N–H and O–H groups in total. The Morgan fingerprint density at radius 1 is 1.26 bits per heavy atom. The largest absolute Gasteiger partial charge is 0.493 e. The third-order valence-corrected chi connectivity index (χ3v) is 2.99. The molecule has 0 heterocycles. The fourth-order valence-electron chi connectivity index (χ4n) is 1.70. The molecule has 0 aliphatic rings. The van der Waals surface area contributed by atoms with Crippen molar-refractivity contribution < 1.29 is 14.3 Å². The maximum atomic E-state index is 11.4. The molecule has 5 heteroatoms. The molecule has 0 aliphatic carbocycles. The summed E-state index contributed by atoms with van der Waals surface area (Å²) in [6.07, 6.45) is 1.95. The number of halogens is 1. The molecular weight excluding hydrogens is 266 g/mol. The Morgan fingerprint density at radius 2 is 2.00 bits per heavy atom. The molecule has 4 nitrogen and oxygen atoms in total. The first-order valence-corrected chi connectivity index (χ1v) is 6.78. The van der Waals surface area contributed by atoms with Crippen LogP contribution in [0.2, 0.25) is 0 Å². The van der Waals surface area contributed by atoms with Gasteiger partial charge >= 0.3 is 0 Å². The summed E-state index contributed by atoms with van der Waals surface area (Å²) in [5, 5.41) is 2.86. The second-order valence-electron chi connectivity index (χ2n) is 4.08. The average molecular weight is 286 g/mol. The normalized spacial score (nSPS) is 10.1. The number of carbonyl (C=O) groups excluding carboxylic acids is 1. The highest BCUT2D eigenvalue weighted by Crippen LogP contribution is 2.27. The Labute approximate surface area is 119 Å². The molecule has 0 spiro atoms. The molecule has 1 aromatic rings. The molecule has 106 valence electrons. The number of methoxy groups -OCH3 is 2. The maximum absolute atomic E-state index is 11.4. The van der Waals surface area contributed by atoms with Crippen molar-refractivity contribution in [3.05, 3.63) is 23.8 Å². The van der Waals surface area contributed by atoms with E-state index < -0.39 is 0 Å². The van der Waals surface area contributed by atoms with Crippen molar-refractivity contribution in [2.24, 2.45) is 0 Å². The Morgan fingerprint density at radius 3 is 2.63 bits per heavy atom. The average Bonchev–Trinajstić information content (AvgIpc) is 2.44. The molecular formula is C14H20ClNO3. The van der Waals surface area contributed by atoms with E-state index in [0.29, 0.717) is 36.8 Å². The SMILES string of the molecule is COc1ccc(CCNC(=O)CCCCl)cc1OC. The lowest BCUT2D eigenvalue weighted by atomic mass is 10.1. The van der Waals surface area contributed by atoms with E-state index in [4.69, 9.17) is 21.1 Å². The Kier molecular flexibility index (Phi) is 7.11. The van der Waals surface area contributed by atoms with E-state index in [2.05, 4.69) is 5.32 Å². The molecule has 0 radical (unpaired) electrons. The monoisotopic (exact) mass is 285 g/mol. The van der Waals surface area contributed by atoms with Crippen molar-refractivity contribution >= 4 is 17.5 Å². The lowest BCUT2D eigenvalue weighted by molar-refractivity contribution is -0.121. The van der Waals surface area contributed by atoms with Crippen LogP contribution in [0.5, 0.6) is 11.5 Å². The van der Waals surface area contributed by atoms with Gasteiger partial charge in [-0.2, -0.15) is 0 Å². The van der Waals surface area contributed by atoms with Gasteiger partial charge in [0, 0.05) is 18.8 Å². The van der Waals surface area contributed by atoms with Crippen molar-refractivity contribution in [3.63, 3.8) is 0 Å². The second-order valence-corrected chi connectivity index (χ2v) is 4.46. The highest BCUT2D eigenvalue weighted by molar-refractivity contribution is 6.17. The van der Waals surface area contributed by atoms with E-state index in [0.717, 1.165) is 12.0 Å². The molecule has 0 aromatic heterocycles. The lowest BCUT2D eigenvalue weighted by Crippen LogP contribution is -2.25. The van der Waals surface area contributed by atoms with Crippen LogP contribution in [0.1, 0.15) is 18.4 Å². The summed E-state index contributed by atoms with van der Waals surface area (Å²) in [5.74, 6) is 1.97. The topological polar surface area (TPSA) is 47.6 Å². The Balaban J connectivity index is 2.43. The van der Waals surface area contributed by atoms with Gasteiger partial charge in [-0.05, 0) is 30.5 Å². The minimum atomic E-state index is 0.0427. The van der Waals surface area contributed by atoms with E-state index in [9.17, 15) is 4.79 Å². The Bertz CT molecular complexity index is 410. The third kappa shape index (κ3) is 5.39. The van der Waals surface area contributed by atoms with Gasteiger partial charge < -0.3 is 14.8 Å². The summed E-state index contributed by atoms with van der Waals surface area (Å²) in [5.41, 5.74) is 1.09. The predicted molar refractivity (Wildman–Crippen MR) is 76.2 cm³/mol. The van der Waals surface area contributed by atoms with Crippen molar-refractivity contribution in [1.82, 2.24) is 5.32 Å². The van der Waals surface area contributed by atoms with E-state index in [-0.39, 0.29) is 5.91 Å². The van der Waals surface area contributed by atoms with Gasteiger partial charge in [0.05, 0.1) is 14.2 Å². The first kappa shape index (κ1) is 15.6. The molecule has 0 unspecified atom stereocenters. The van der Waals surface area contributed by atoms with Crippen LogP contribution in [0.25, 0.3) is 0 Å². The van der Waals surface area contributed by atoms with Crippen LogP contribution >= 0.6 is 11.6 Å². The summed E-state index contributed by atoms with van der Waals surface area (Å²) in [4.78, 5) is 11.4. The first-order valence-electron chi connectivity index (χ1n) is 6.24. The molecule has 0 fully saturated rings. The number of alkyl halides is 1. The highest BCUT2D eigenvalue weighted by atomic mass is 35.5. The van der Waals surface area contributed by atoms with Crippen molar-refractivity contribution in [3.8, 4) is 11.5 Å². The van der Waals surface area contributed by atoms with E-state index in [1.165, 1.54) is 0 Å². The molecule has 0 saturated heterocycles. The lowest BCUT2D eigenvalue weighted by Gasteiger charge is -2.10. The second kappa shape index (κ2) is 8.64. The van der Waals surface area contributed by atoms with Gasteiger partial charge in [0.2, 0.25) is 5.91 Å². The first-order chi connectivity index (χ1) is 9.21. The quantitative estimate of drug-likeness (QED) is 0.746. The van der Waals surface area contributed by atoms with Crippen LogP contribution in [0.15, 0.2) is 18.2 Å². The fraction of sp³-hybridized carbons (Fsp3) is 0.500. The molecule has 1 amide bonds. The molecule has 19 heavy (non-hydrogen) atoms. The van der Waals surface area contributed by atoms with Gasteiger partial charge in [0.1, 0.15) is 0 Å². The van der Waals surface area contributed by atoms with Gasteiger partial charge in [-0.15, -0.1) is 11.6 Å². The van der Waals surface area contributed by atoms with Crippen LogP contribution < -0.4 is 14.8 Å². The number of ether oxygens (including phenoxy) is 2. The van der Waals surface area contributed by atoms with Gasteiger partial charge in [-0.25, -0.2) is 0 Å². The van der Waals surface area contributed by atoms with Gasteiger partial charge in [-0.1, -0.05) is 6.07 Å². The van der Waals surface area contributed by atoms with Crippen molar-refractivity contribution in [2.75, 3.05) is 26.6 Å². The number of carbonyl (C=O) groups is 1. The van der Waals surface area contributed by atoms with Gasteiger partial charge in [0.25, 0.3) is 0 Å². The summed E-state index contributed by atoms with van der Waals surface area (Å²) in [7, 11) is 3.21. The van der Waals surface area contributed by atoms with Crippen LogP contribution in [0, 0.1) is 0 Å². The number of amides is 1. The molecule has 1 aromatic carbocycles. The smallest absolute Gasteiger partial charge is 0.220 e. The summed E-state index contributed by atoms with van der Waals surface area (Å²) in [6.45, 7) is 0.608. The number of rotatable bonds is 8. The van der Waals surface area contributed by atoms with Crippen LogP contribution in [-0.2, 0) is 11.2 Å². The number of hydrogen-bond acceptors (Lipinski definition) is 3. The zero-order valence-corrected chi connectivity index (χ0v) is 12.1. The molecule has 0 saturated carbocycles. The van der Waals surface area contributed by atoms with Gasteiger partial charge in [-0.3, -0.25) is 4.79 Å². The predicted octanol–water partition coefficient (Wildman–Crippen LogP) is 2.38.